The third-order valence-electron chi connectivity index (χ3n) is 8.36. The number of aromatic nitrogens is 1. The van der Waals surface area contributed by atoms with E-state index in [-0.39, 0.29) is 33.2 Å². The van der Waals surface area contributed by atoms with Crippen molar-refractivity contribution in [1.82, 2.24) is 26.5 Å². The summed E-state index contributed by atoms with van der Waals surface area (Å²) in [4.78, 5) is 39.8. The van der Waals surface area contributed by atoms with Crippen LogP contribution in [0.2, 0.25) is 0 Å². The van der Waals surface area contributed by atoms with Crippen LogP contribution in [0.1, 0.15) is 44.5 Å². The van der Waals surface area contributed by atoms with Gasteiger partial charge in [0.05, 0.1) is 16.3 Å². The van der Waals surface area contributed by atoms with Gasteiger partial charge in [0.2, 0.25) is 11.8 Å². The molecule has 74 heavy (non-hydrogen) atoms. The zero-order valence-electron chi connectivity index (χ0n) is 39.4. The summed E-state index contributed by atoms with van der Waals surface area (Å²) in [5, 5.41) is 24.5. The van der Waals surface area contributed by atoms with E-state index in [2.05, 4.69) is 203 Å². The zero-order chi connectivity index (χ0) is 53.5. The first-order valence-electron chi connectivity index (χ1n) is 21.1. The lowest BCUT2D eigenvalue weighted by molar-refractivity contribution is -0.546. The van der Waals surface area contributed by atoms with E-state index in [4.69, 9.17) is 18.6 Å². The van der Waals surface area contributed by atoms with Crippen LogP contribution in [0, 0.1) is 189 Å². The predicted molar refractivity (Wildman–Crippen MR) is 317 cm³/mol. The molecule has 0 spiro atoms. The van der Waals surface area contributed by atoms with Crippen LogP contribution in [0.4, 0.5) is 5.82 Å². The number of rotatable bonds is 13. The van der Waals surface area contributed by atoms with E-state index in [0.717, 1.165) is 28.3 Å². The molecule has 0 bridgehead atoms. The number of carbonyl (C=O) groups is 2. The summed E-state index contributed by atoms with van der Waals surface area (Å²) >= 11 is 0. The number of hydrogen-bond acceptors (Lipinski definition) is 9. The summed E-state index contributed by atoms with van der Waals surface area (Å²) in [6, 6.07) is 26.4. The van der Waals surface area contributed by atoms with Crippen LogP contribution in [0.15, 0.2) is 102 Å². The third-order valence-corrected chi connectivity index (χ3v) is 8.36. The highest BCUT2D eigenvalue weighted by Crippen LogP contribution is 2.20. The Bertz CT molecular complexity index is 3580. The van der Waals surface area contributed by atoms with Crippen LogP contribution >= 0.6 is 0 Å². The fourth-order valence-electron chi connectivity index (χ4n) is 5.25. The molecular weight excluding hydrogens is 925 g/mol. The molecule has 4 rings (SSSR count). The molecule has 0 aliphatic heterocycles. The molecule has 0 unspecified atom stereocenters. The summed E-state index contributed by atoms with van der Waals surface area (Å²) in [6.45, 7) is 0.335. The molecule has 3 aromatic carbocycles. The van der Waals surface area contributed by atoms with Gasteiger partial charge in [0.1, 0.15) is 11.9 Å². The van der Waals surface area contributed by atoms with Crippen molar-refractivity contribution in [2.75, 3.05) is 12.8 Å². The Kier molecular flexibility index (Phi) is 30.4. The summed E-state index contributed by atoms with van der Waals surface area (Å²) in [5.41, 5.74) is 10.4. The quantitative estimate of drug-likeness (QED) is 0.0288. The molecule has 1 heterocycles. The number of benzene rings is 3. The molecular formula is C60H68N10O4. The molecule has 0 aliphatic carbocycles. The number of carbonyl (C=O) groups excluding carboxylic acids is 2. The normalized spacial score (nSPS) is 8.69. The van der Waals surface area contributed by atoms with Gasteiger partial charge in [0, 0.05) is 123 Å². The number of hydrogen-bond donors (Lipinski definition) is 6. The van der Waals surface area contributed by atoms with Gasteiger partial charge in [0.25, 0.3) is 0 Å². The molecule has 2 atom stereocenters. The summed E-state index contributed by atoms with van der Waals surface area (Å²) < 4.78 is 0. The van der Waals surface area contributed by atoms with Crippen LogP contribution in [0.3, 0.4) is 0 Å². The van der Waals surface area contributed by atoms with Gasteiger partial charge in [-0.15, -0.1) is 12.8 Å². The number of nitrogens with zero attached hydrogens (tertiary/aromatic N) is 4. The fourth-order valence-corrected chi connectivity index (χ4v) is 5.25. The number of aryl methyl sites for hydroxylation is 1. The number of likely N-dealkylation sites (N-methyl/N-ethyl adjacent to an activating group) is 1. The number of hydrazine groups is 1. The minimum Gasteiger partial charge on any atom is -0.383 e. The van der Waals surface area contributed by atoms with E-state index >= 15 is 0 Å². The first-order valence-corrected chi connectivity index (χ1v) is 21.1. The second kappa shape index (κ2) is 38.8. The first-order chi connectivity index (χ1) is 36.2. The number of nitrogen functional groups attached to an aromatic ring is 1. The molecule has 0 aliphatic rings. The maximum absolute atomic E-state index is 13.3. The van der Waals surface area contributed by atoms with E-state index in [9.17, 15) is 19.7 Å². The van der Waals surface area contributed by atoms with Gasteiger partial charge in [-0.05, 0) is 149 Å². The number of anilines is 1. The molecule has 14 heteroatoms. The number of nitrogens with one attached hydrogen (secondary N) is 4. The third kappa shape index (κ3) is 28.1. The largest absolute Gasteiger partial charge is 0.383 e. The lowest BCUT2D eigenvalue weighted by Gasteiger charge is -2.22. The fraction of sp³-hybridized carbons (Fsp3) is 0.117. The van der Waals surface area contributed by atoms with Crippen LogP contribution in [0.25, 0.3) is 10.8 Å². The van der Waals surface area contributed by atoms with Crippen LogP contribution < -0.4 is 33.1 Å². The average Bonchev–Trinajstić information content (AvgIpc) is 3.41. The number of pyridine rings is 1. The van der Waals surface area contributed by atoms with E-state index in [0.29, 0.717) is 25.2 Å². The Labute approximate surface area is 453 Å². The Morgan fingerprint density at radius 1 is 0.635 bits per heavy atom. The topological polar surface area (TPSA) is 215 Å². The lowest BCUT2D eigenvalue weighted by atomic mass is 10.0. The van der Waals surface area contributed by atoms with E-state index in [1.54, 1.807) is 13.2 Å². The SMILES string of the molecule is C#CC#CC#CC#CC#CC#CC#CC#CC#CC#CC#CC#CC#CC#CC#C.CN[C@H](CCc1ccccc1)C(=O)N[C@@H](Cc1ccccc1)C(=O)NCc1ccc2c(N)nccc2c1.NN=NN[N+](=O)[O-].[HH].[HH].[HH].[HH].[HH].[HH].[HH].[HH].[HH].[HH].[HH].[HH].[HH].[HH].[HH]. The van der Waals surface area contributed by atoms with Crippen molar-refractivity contribution in [3.63, 3.8) is 0 Å². The summed E-state index contributed by atoms with van der Waals surface area (Å²) in [6.07, 6.45) is 13.3. The molecule has 4 aromatic rings. The monoisotopic (exact) mass is 993 g/mol. The second-order valence-corrected chi connectivity index (χ2v) is 13.2. The highest BCUT2D eigenvalue weighted by Gasteiger charge is 2.25. The molecule has 1 aromatic heterocycles. The first kappa shape index (κ1) is 57.9. The van der Waals surface area contributed by atoms with E-state index in [1.807, 2.05) is 84.9 Å². The number of terminal acetylenes is 2. The zero-order valence-corrected chi connectivity index (χ0v) is 39.4. The van der Waals surface area contributed by atoms with E-state index < -0.39 is 17.1 Å². The molecule has 0 radical (unpaired) electrons. The Morgan fingerprint density at radius 3 is 1.49 bits per heavy atom. The van der Waals surface area contributed by atoms with Crippen molar-refractivity contribution in [3.05, 3.63) is 118 Å². The number of nitrogens with two attached hydrogens (primary N) is 2. The highest BCUT2D eigenvalue weighted by molar-refractivity contribution is 5.92. The average molecular weight is 993 g/mol. The van der Waals surface area contributed by atoms with Crippen molar-refractivity contribution in [1.29, 1.82) is 0 Å². The number of nitro groups is 1. The van der Waals surface area contributed by atoms with Crippen molar-refractivity contribution < 1.29 is 36.0 Å². The number of fused-ring (bicyclic) bond motifs is 1. The molecule has 0 saturated heterocycles. The molecule has 2 amide bonds. The maximum Gasteiger partial charge on any atom is 0.243 e. The minimum atomic E-state index is -0.879. The Balaban J connectivity index is -0.0000000834. The van der Waals surface area contributed by atoms with E-state index in [1.165, 1.54) is 11.1 Å². The molecule has 0 fully saturated rings. The van der Waals surface area contributed by atoms with Crippen molar-refractivity contribution >= 4 is 28.4 Å². The van der Waals surface area contributed by atoms with Gasteiger partial charge in [-0.3, -0.25) is 15.4 Å². The van der Waals surface area contributed by atoms with Crippen LogP contribution in [0.5, 0.6) is 0 Å². The maximum atomic E-state index is 13.3. The van der Waals surface area contributed by atoms with Gasteiger partial charge in [-0.2, -0.15) is 0 Å². The second-order valence-electron chi connectivity index (χ2n) is 13.2. The van der Waals surface area contributed by atoms with Gasteiger partial charge >= 0.3 is 0 Å². The standard InChI is InChI=1S/C30H33N5O2.C30H2.H3N5O2.15H2/c1-32-26(15-13-21-8-4-2-5-9-21)30(37)35-27(19-22-10-6-3-7-11-22)29(36)34-20-23-12-14-25-24(18-23)16-17-33-28(25)31;1-3-5-7-9-11-13-15-17-19-21-23-25-27-29-30-28-26-24-22-20-18-16-14-12-10-8-6-4-2;1-2-3-4-5(6)7;;;;;;;;;;;;;;;/h2-12,14,16-18,26-27,32H,13,15,19-20H2,1H3,(H2,31,33)(H,34,36)(H,35,37);1-2H;(H2,1,3)(H,2,4);15*1H/t26-,27+;;;;;;;;;;;;;;;;;/m1................./s1. The van der Waals surface area contributed by atoms with Gasteiger partial charge in [-0.1, -0.05) is 72.8 Å². The number of amides is 2. The Morgan fingerprint density at radius 2 is 1.08 bits per heavy atom. The molecule has 0 saturated carbocycles. The molecule has 14 nitrogen and oxygen atoms in total. The van der Waals surface area contributed by atoms with Gasteiger partial charge < -0.3 is 31.8 Å². The van der Waals surface area contributed by atoms with Gasteiger partial charge in [0.15, 0.2) is 5.22 Å². The smallest absolute Gasteiger partial charge is 0.243 e. The predicted octanol–water partition coefficient (Wildman–Crippen LogP) is 6.38. The van der Waals surface area contributed by atoms with Crippen LogP contribution in [-0.4, -0.2) is 41.0 Å². The highest BCUT2D eigenvalue weighted by atomic mass is 16.7. The van der Waals surface area contributed by atoms with Crippen molar-refractivity contribution in [2.45, 2.75) is 37.9 Å². The Hall–Kier alpha value is -12.2. The van der Waals surface area contributed by atoms with Gasteiger partial charge in [-0.25, -0.2) is 4.98 Å². The molecule has 382 valence electrons. The van der Waals surface area contributed by atoms with Crippen molar-refractivity contribution in [3.8, 4) is 179 Å². The summed E-state index contributed by atoms with van der Waals surface area (Å²) in [5.74, 6) is 72.6. The lowest BCUT2D eigenvalue weighted by Crippen LogP contribution is -2.53. The summed E-state index contributed by atoms with van der Waals surface area (Å²) in [7, 11) is 1.77. The van der Waals surface area contributed by atoms with Crippen LogP contribution in [-0.2, 0) is 29.0 Å². The molecule has 8 N–H and O–H groups in total. The minimum absolute atomic E-state index is 0. The van der Waals surface area contributed by atoms with Crippen molar-refractivity contribution in [2.24, 2.45) is 16.3 Å².